The zero-order valence-electron chi connectivity index (χ0n) is 14.4. The molecule has 2 aromatic heterocycles. The Hall–Kier alpha value is -3.80. The van der Waals surface area contributed by atoms with Crippen molar-refractivity contribution in [1.82, 2.24) is 9.38 Å². The number of phenolic OH excluding ortho intramolecular Hbond substituents is 1. The maximum atomic E-state index is 12.4. The number of aromatic hydroxyl groups is 1. The fourth-order valence-corrected chi connectivity index (χ4v) is 2.73. The Balaban J connectivity index is 1.44. The third-order valence-electron chi connectivity index (χ3n) is 4.00. The zero-order valence-corrected chi connectivity index (χ0v) is 14.4. The molecule has 0 aliphatic heterocycles. The summed E-state index contributed by atoms with van der Waals surface area (Å²) >= 11 is 0. The third-order valence-corrected chi connectivity index (χ3v) is 4.00. The average Bonchev–Trinajstić information content (AvgIpc) is 3.10. The summed E-state index contributed by atoms with van der Waals surface area (Å²) in [4.78, 5) is 16.9. The quantitative estimate of drug-likeness (QED) is 0.567. The van der Waals surface area contributed by atoms with Gasteiger partial charge in [0.1, 0.15) is 23.8 Å². The number of nitrogens with zero attached hydrogens (tertiary/aromatic N) is 2. The first-order valence-electron chi connectivity index (χ1n) is 8.43. The molecule has 2 N–H and O–H groups in total. The molecule has 6 heteroatoms. The normalized spacial score (nSPS) is 10.7. The Bertz CT molecular complexity index is 1070. The topological polar surface area (TPSA) is 75.9 Å². The van der Waals surface area contributed by atoms with Crippen molar-refractivity contribution < 1.29 is 14.6 Å². The Kier molecular flexibility index (Phi) is 4.45. The lowest BCUT2D eigenvalue weighted by Crippen LogP contribution is -2.11. The molecule has 27 heavy (non-hydrogen) atoms. The van der Waals surface area contributed by atoms with Gasteiger partial charge in [0.2, 0.25) is 0 Å². The molecule has 0 unspecified atom stereocenters. The lowest BCUT2D eigenvalue weighted by Gasteiger charge is -2.08. The Morgan fingerprint density at radius 2 is 1.96 bits per heavy atom. The van der Waals surface area contributed by atoms with E-state index in [1.54, 1.807) is 42.5 Å². The van der Waals surface area contributed by atoms with Crippen LogP contribution in [-0.2, 0) is 6.61 Å². The monoisotopic (exact) mass is 359 g/mol. The number of carbonyl (C=O) groups excluding carboxylic acids is 1. The molecule has 2 heterocycles. The molecule has 0 spiro atoms. The van der Waals surface area contributed by atoms with Crippen molar-refractivity contribution in [2.24, 2.45) is 0 Å². The first-order chi connectivity index (χ1) is 13.2. The van der Waals surface area contributed by atoms with Crippen molar-refractivity contribution in [2.45, 2.75) is 6.61 Å². The van der Waals surface area contributed by atoms with Crippen LogP contribution in [0.25, 0.3) is 5.65 Å². The van der Waals surface area contributed by atoms with Crippen LogP contribution in [0.2, 0.25) is 0 Å². The first kappa shape index (κ1) is 16.7. The summed E-state index contributed by atoms with van der Waals surface area (Å²) in [6.45, 7) is 0.305. The summed E-state index contributed by atoms with van der Waals surface area (Å²) in [6, 6.07) is 19.1. The van der Waals surface area contributed by atoms with E-state index in [4.69, 9.17) is 4.74 Å². The van der Waals surface area contributed by atoms with E-state index in [9.17, 15) is 9.90 Å². The predicted octanol–water partition coefficient (Wildman–Crippen LogP) is 3.87. The van der Waals surface area contributed by atoms with Crippen molar-refractivity contribution in [3.05, 3.63) is 90.4 Å². The van der Waals surface area contributed by atoms with Crippen molar-refractivity contribution >= 4 is 17.2 Å². The molecule has 4 aromatic rings. The van der Waals surface area contributed by atoms with Crippen LogP contribution < -0.4 is 10.1 Å². The number of carbonyl (C=O) groups is 1. The number of hydrogen-bond acceptors (Lipinski definition) is 4. The molecule has 0 fully saturated rings. The highest BCUT2D eigenvalue weighted by Crippen LogP contribution is 2.19. The number of fused-ring (bicyclic) bond motifs is 1. The maximum absolute atomic E-state index is 12.4. The van der Waals surface area contributed by atoms with Gasteiger partial charge in [-0.25, -0.2) is 4.98 Å². The molecule has 0 saturated heterocycles. The molecule has 0 radical (unpaired) electrons. The number of aromatic nitrogens is 2. The molecule has 0 saturated carbocycles. The highest BCUT2D eigenvalue weighted by molar-refractivity contribution is 6.04. The number of ether oxygens (including phenoxy) is 1. The van der Waals surface area contributed by atoms with Gasteiger partial charge < -0.3 is 19.6 Å². The molecule has 4 rings (SSSR count). The highest BCUT2D eigenvalue weighted by Gasteiger charge is 2.09. The van der Waals surface area contributed by atoms with Crippen LogP contribution in [0, 0.1) is 0 Å². The van der Waals surface area contributed by atoms with Crippen molar-refractivity contribution in [3.8, 4) is 11.5 Å². The number of anilines is 1. The van der Waals surface area contributed by atoms with Gasteiger partial charge in [-0.05, 0) is 42.5 Å². The van der Waals surface area contributed by atoms with E-state index < -0.39 is 0 Å². The fraction of sp³-hybridized carbons (Fsp3) is 0.0476. The van der Waals surface area contributed by atoms with E-state index in [0.717, 1.165) is 11.3 Å². The molecule has 6 nitrogen and oxygen atoms in total. The molecule has 134 valence electrons. The van der Waals surface area contributed by atoms with Crippen molar-refractivity contribution in [3.63, 3.8) is 0 Å². The van der Waals surface area contributed by atoms with E-state index in [1.807, 2.05) is 35.0 Å². The number of rotatable bonds is 5. The van der Waals surface area contributed by atoms with Crippen LogP contribution in [0.1, 0.15) is 16.1 Å². The van der Waals surface area contributed by atoms with E-state index in [2.05, 4.69) is 10.3 Å². The van der Waals surface area contributed by atoms with Gasteiger partial charge in [-0.2, -0.15) is 0 Å². The number of amides is 1. The molecule has 0 atom stereocenters. The zero-order chi connectivity index (χ0) is 18.6. The molecule has 0 aliphatic rings. The Morgan fingerprint density at radius 3 is 2.81 bits per heavy atom. The SMILES string of the molecule is O=C(Nc1cccc(O)c1)c1cccc(OCc2cn3ccccc3n2)c1. The number of benzene rings is 2. The summed E-state index contributed by atoms with van der Waals surface area (Å²) in [5.41, 5.74) is 2.65. The summed E-state index contributed by atoms with van der Waals surface area (Å²) in [5, 5.41) is 12.2. The minimum atomic E-state index is -0.279. The van der Waals surface area contributed by atoms with Gasteiger partial charge in [0.25, 0.3) is 5.91 Å². The standard InChI is InChI=1S/C21H17N3O3/c25-18-7-4-6-16(12-18)23-21(26)15-5-3-8-19(11-15)27-14-17-13-24-10-2-1-9-20(24)22-17/h1-13,25H,14H2,(H,23,26). The van der Waals surface area contributed by atoms with Gasteiger partial charge >= 0.3 is 0 Å². The molecule has 0 aliphatic carbocycles. The Labute approximate surface area is 155 Å². The third kappa shape index (κ3) is 3.90. The lowest BCUT2D eigenvalue weighted by atomic mass is 10.2. The molecule has 0 bridgehead atoms. The fourth-order valence-electron chi connectivity index (χ4n) is 2.73. The van der Waals surface area contributed by atoms with Gasteiger partial charge in [-0.3, -0.25) is 4.79 Å². The summed E-state index contributed by atoms with van der Waals surface area (Å²) < 4.78 is 7.71. The number of phenols is 1. The summed E-state index contributed by atoms with van der Waals surface area (Å²) in [5.74, 6) is 0.395. The van der Waals surface area contributed by atoms with Gasteiger partial charge in [-0.1, -0.05) is 18.2 Å². The second kappa shape index (κ2) is 7.21. The summed E-state index contributed by atoms with van der Waals surface area (Å²) in [7, 11) is 0. The van der Waals surface area contributed by atoms with Crippen LogP contribution in [0.5, 0.6) is 11.5 Å². The van der Waals surface area contributed by atoms with Crippen LogP contribution in [0.3, 0.4) is 0 Å². The van der Waals surface area contributed by atoms with E-state index in [0.29, 0.717) is 23.6 Å². The number of pyridine rings is 1. The average molecular weight is 359 g/mol. The largest absolute Gasteiger partial charge is 0.508 e. The van der Waals surface area contributed by atoms with Crippen molar-refractivity contribution in [2.75, 3.05) is 5.32 Å². The smallest absolute Gasteiger partial charge is 0.255 e. The predicted molar refractivity (Wildman–Crippen MR) is 102 cm³/mol. The molecular weight excluding hydrogens is 342 g/mol. The molecular formula is C21H17N3O3. The van der Waals surface area contributed by atoms with E-state index >= 15 is 0 Å². The van der Waals surface area contributed by atoms with Gasteiger partial charge in [0.05, 0.1) is 5.69 Å². The van der Waals surface area contributed by atoms with Gasteiger partial charge in [-0.15, -0.1) is 0 Å². The lowest BCUT2D eigenvalue weighted by molar-refractivity contribution is 0.102. The highest BCUT2D eigenvalue weighted by atomic mass is 16.5. The van der Waals surface area contributed by atoms with Gasteiger partial charge in [0, 0.05) is 29.7 Å². The van der Waals surface area contributed by atoms with Crippen LogP contribution >= 0.6 is 0 Å². The second-order valence-electron chi connectivity index (χ2n) is 6.02. The van der Waals surface area contributed by atoms with Crippen LogP contribution in [0.4, 0.5) is 5.69 Å². The van der Waals surface area contributed by atoms with Gasteiger partial charge in [0.15, 0.2) is 0 Å². The van der Waals surface area contributed by atoms with Crippen LogP contribution in [-0.4, -0.2) is 20.4 Å². The maximum Gasteiger partial charge on any atom is 0.255 e. The van der Waals surface area contributed by atoms with E-state index in [-0.39, 0.29) is 11.7 Å². The first-order valence-corrected chi connectivity index (χ1v) is 8.43. The van der Waals surface area contributed by atoms with Crippen LogP contribution in [0.15, 0.2) is 79.1 Å². The van der Waals surface area contributed by atoms with Crippen molar-refractivity contribution in [1.29, 1.82) is 0 Å². The molecule has 1 amide bonds. The summed E-state index contributed by atoms with van der Waals surface area (Å²) in [6.07, 6.45) is 3.84. The second-order valence-corrected chi connectivity index (χ2v) is 6.02. The molecule has 2 aromatic carbocycles. The number of imidazole rings is 1. The minimum absolute atomic E-state index is 0.0948. The number of hydrogen-bond donors (Lipinski definition) is 2. The minimum Gasteiger partial charge on any atom is -0.508 e. The Morgan fingerprint density at radius 1 is 1.07 bits per heavy atom. The van der Waals surface area contributed by atoms with E-state index in [1.165, 1.54) is 6.07 Å². The number of nitrogens with one attached hydrogen (secondary N) is 1.